The fraction of sp³-hybridized carbons (Fsp3) is 0.769. The Balaban J connectivity index is 2.22. The number of carbonyl (C=O) groups is 3. The Morgan fingerprint density at radius 3 is 2.35 bits per heavy atom. The van der Waals surface area contributed by atoms with E-state index in [1.54, 1.807) is 11.9 Å². The summed E-state index contributed by atoms with van der Waals surface area (Å²) in [5, 5.41) is 8.50. The minimum atomic E-state index is -0.853. The van der Waals surface area contributed by atoms with Gasteiger partial charge >= 0.3 is 5.97 Å². The van der Waals surface area contributed by atoms with Crippen molar-refractivity contribution in [3.63, 3.8) is 0 Å². The average Bonchev–Trinajstić information content (AvgIpc) is 2.44. The molecule has 0 radical (unpaired) electrons. The monoisotopic (exact) mass is 286 g/mol. The maximum atomic E-state index is 11.9. The second-order valence-corrected chi connectivity index (χ2v) is 4.84. The highest BCUT2D eigenvalue weighted by atomic mass is 16.5. The van der Waals surface area contributed by atoms with Crippen molar-refractivity contribution in [2.24, 2.45) is 0 Å². The van der Waals surface area contributed by atoms with Crippen LogP contribution in [0.25, 0.3) is 0 Å². The summed E-state index contributed by atoms with van der Waals surface area (Å²) in [6.45, 7) is 2.29. The number of hydrogen-bond acceptors (Lipinski definition) is 4. The maximum absolute atomic E-state index is 11.9. The Labute approximate surface area is 118 Å². The molecule has 20 heavy (non-hydrogen) atoms. The zero-order valence-electron chi connectivity index (χ0n) is 11.8. The Hall–Kier alpha value is -1.63. The third-order valence-corrected chi connectivity index (χ3v) is 3.19. The lowest BCUT2D eigenvalue weighted by atomic mass is 10.2. The number of unbranched alkanes of at least 4 members (excludes halogenated alkanes) is 1. The SMILES string of the molecule is CN(CC(=O)N1CCOCC1)C(=O)CCCCC(=O)O. The molecule has 2 amide bonds. The molecule has 0 aromatic rings. The third kappa shape index (κ3) is 6.01. The zero-order valence-corrected chi connectivity index (χ0v) is 11.8. The summed E-state index contributed by atoms with van der Waals surface area (Å²) >= 11 is 0. The molecule has 114 valence electrons. The molecule has 1 fully saturated rings. The van der Waals surface area contributed by atoms with E-state index >= 15 is 0 Å². The number of amides is 2. The standard InChI is InChI=1S/C13H22N2O5/c1-14(11(16)4-2-3-5-13(18)19)10-12(17)15-6-8-20-9-7-15/h2-10H2,1H3,(H,18,19). The Kier molecular flexibility index (Phi) is 7.00. The maximum Gasteiger partial charge on any atom is 0.303 e. The van der Waals surface area contributed by atoms with Gasteiger partial charge in [-0.1, -0.05) is 0 Å². The molecule has 0 unspecified atom stereocenters. The van der Waals surface area contributed by atoms with Crippen LogP contribution in [0.4, 0.5) is 0 Å². The van der Waals surface area contributed by atoms with Gasteiger partial charge in [0.25, 0.3) is 0 Å². The van der Waals surface area contributed by atoms with Crippen LogP contribution in [0.2, 0.25) is 0 Å². The van der Waals surface area contributed by atoms with E-state index in [2.05, 4.69) is 0 Å². The number of ether oxygens (including phenoxy) is 1. The molecule has 0 aliphatic carbocycles. The van der Waals surface area contributed by atoms with Gasteiger partial charge in [0.15, 0.2) is 0 Å². The van der Waals surface area contributed by atoms with E-state index in [9.17, 15) is 14.4 Å². The second-order valence-electron chi connectivity index (χ2n) is 4.84. The molecule has 1 saturated heterocycles. The highest BCUT2D eigenvalue weighted by Gasteiger charge is 2.20. The van der Waals surface area contributed by atoms with E-state index in [0.717, 1.165) is 0 Å². The molecule has 0 aromatic heterocycles. The molecular formula is C13H22N2O5. The predicted octanol–water partition coefficient (Wildman–Crippen LogP) is -0.0514. The first kappa shape index (κ1) is 16.4. The number of carbonyl (C=O) groups excluding carboxylic acids is 2. The summed E-state index contributed by atoms with van der Waals surface area (Å²) in [5.74, 6) is -1.06. The van der Waals surface area contributed by atoms with E-state index in [1.165, 1.54) is 4.90 Å². The smallest absolute Gasteiger partial charge is 0.303 e. The first-order valence-corrected chi connectivity index (χ1v) is 6.82. The van der Waals surface area contributed by atoms with Gasteiger partial charge < -0.3 is 19.6 Å². The van der Waals surface area contributed by atoms with Gasteiger partial charge in [0, 0.05) is 33.0 Å². The number of rotatable bonds is 7. The molecule has 1 N–H and O–H groups in total. The molecular weight excluding hydrogens is 264 g/mol. The predicted molar refractivity (Wildman–Crippen MR) is 71.1 cm³/mol. The summed E-state index contributed by atoms with van der Waals surface area (Å²) in [7, 11) is 1.60. The van der Waals surface area contributed by atoms with E-state index in [4.69, 9.17) is 9.84 Å². The molecule has 7 nitrogen and oxygen atoms in total. The normalized spacial score (nSPS) is 14.9. The van der Waals surface area contributed by atoms with Crippen LogP contribution in [0.1, 0.15) is 25.7 Å². The van der Waals surface area contributed by atoms with Crippen LogP contribution < -0.4 is 0 Å². The van der Waals surface area contributed by atoms with Gasteiger partial charge in [-0.25, -0.2) is 0 Å². The number of nitrogens with zero attached hydrogens (tertiary/aromatic N) is 2. The van der Waals surface area contributed by atoms with Crippen LogP contribution >= 0.6 is 0 Å². The molecule has 0 spiro atoms. The van der Waals surface area contributed by atoms with Crippen LogP contribution in [0.5, 0.6) is 0 Å². The van der Waals surface area contributed by atoms with E-state index in [-0.39, 0.29) is 31.2 Å². The molecule has 1 rings (SSSR count). The van der Waals surface area contributed by atoms with E-state index in [0.29, 0.717) is 39.1 Å². The van der Waals surface area contributed by atoms with Crippen molar-refractivity contribution in [2.75, 3.05) is 39.9 Å². The minimum Gasteiger partial charge on any atom is -0.481 e. The van der Waals surface area contributed by atoms with E-state index in [1.807, 2.05) is 0 Å². The van der Waals surface area contributed by atoms with Crippen molar-refractivity contribution in [1.82, 2.24) is 9.80 Å². The third-order valence-electron chi connectivity index (χ3n) is 3.19. The summed E-state index contributed by atoms with van der Waals surface area (Å²) in [6.07, 6.45) is 1.36. The van der Waals surface area contributed by atoms with Gasteiger partial charge in [-0.2, -0.15) is 0 Å². The largest absolute Gasteiger partial charge is 0.481 e. The Bertz CT molecular complexity index is 353. The fourth-order valence-electron chi connectivity index (χ4n) is 1.95. The Morgan fingerprint density at radius 1 is 1.15 bits per heavy atom. The van der Waals surface area contributed by atoms with Crippen LogP contribution in [0.3, 0.4) is 0 Å². The fourth-order valence-corrected chi connectivity index (χ4v) is 1.95. The van der Waals surface area contributed by atoms with Crippen LogP contribution in [0.15, 0.2) is 0 Å². The average molecular weight is 286 g/mol. The quantitative estimate of drug-likeness (QED) is 0.663. The van der Waals surface area contributed by atoms with Crippen molar-refractivity contribution in [2.45, 2.75) is 25.7 Å². The minimum absolute atomic E-state index is 0.0672. The van der Waals surface area contributed by atoms with Gasteiger partial charge in [-0.3, -0.25) is 14.4 Å². The number of hydrogen-bond donors (Lipinski definition) is 1. The molecule has 0 atom stereocenters. The number of carboxylic acid groups (broad SMARTS) is 1. The molecule has 1 heterocycles. The van der Waals surface area contributed by atoms with Gasteiger partial charge in [0.2, 0.25) is 11.8 Å². The zero-order chi connectivity index (χ0) is 15.0. The molecule has 0 aromatic carbocycles. The summed E-state index contributed by atoms with van der Waals surface area (Å²) < 4.78 is 5.16. The summed E-state index contributed by atoms with van der Waals surface area (Å²) in [5.41, 5.74) is 0. The molecule has 1 aliphatic rings. The summed E-state index contributed by atoms with van der Waals surface area (Å²) in [4.78, 5) is 37.2. The number of carboxylic acids is 1. The molecule has 7 heteroatoms. The van der Waals surface area contributed by atoms with Crippen molar-refractivity contribution in [3.8, 4) is 0 Å². The highest BCUT2D eigenvalue weighted by Crippen LogP contribution is 2.04. The first-order chi connectivity index (χ1) is 9.50. The van der Waals surface area contributed by atoms with Crippen LogP contribution in [0, 0.1) is 0 Å². The van der Waals surface area contributed by atoms with Gasteiger partial charge in [-0.05, 0) is 12.8 Å². The first-order valence-electron chi connectivity index (χ1n) is 6.82. The molecule has 1 aliphatic heterocycles. The number of aliphatic carboxylic acids is 1. The van der Waals surface area contributed by atoms with Crippen LogP contribution in [-0.2, 0) is 19.1 Å². The Morgan fingerprint density at radius 2 is 1.75 bits per heavy atom. The van der Waals surface area contributed by atoms with E-state index < -0.39 is 5.97 Å². The van der Waals surface area contributed by atoms with Crippen LogP contribution in [-0.4, -0.2) is 72.6 Å². The van der Waals surface area contributed by atoms with Crippen molar-refractivity contribution >= 4 is 17.8 Å². The lowest BCUT2D eigenvalue weighted by Gasteiger charge is -2.28. The molecule has 0 bridgehead atoms. The van der Waals surface area contributed by atoms with Crippen molar-refractivity contribution in [1.29, 1.82) is 0 Å². The number of morpholine rings is 1. The van der Waals surface area contributed by atoms with Gasteiger partial charge in [0.1, 0.15) is 0 Å². The topological polar surface area (TPSA) is 87.2 Å². The van der Waals surface area contributed by atoms with Crippen molar-refractivity contribution < 1.29 is 24.2 Å². The van der Waals surface area contributed by atoms with Gasteiger partial charge in [0.05, 0.1) is 19.8 Å². The van der Waals surface area contributed by atoms with Crippen molar-refractivity contribution in [3.05, 3.63) is 0 Å². The molecule has 0 saturated carbocycles. The summed E-state index contributed by atoms with van der Waals surface area (Å²) in [6, 6.07) is 0. The number of likely N-dealkylation sites (N-methyl/N-ethyl adjacent to an activating group) is 1. The lowest BCUT2D eigenvalue weighted by molar-refractivity contribution is -0.142. The highest BCUT2D eigenvalue weighted by molar-refractivity contribution is 5.84. The van der Waals surface area contributed by atoms with Gasteiger partial charge in [-0.15, -0.1) is 0 Å². The lowest BCUT2D eigenvalue weighted by Crippen LogP contribution is -2.46. The second kappa shape index (κ2) is 8.52.